The van der Waals surface area contributed by atoms with E-state index in [1.165, 1.54) is 0 Å². The van der Waals surface area contributed by atoms with E-state index in [2.05, 4.69) is 10.3 Å². The molecule has 0 amide bonds. The van der Waals surface area contributed by atoms with E-state index in [9.17, 15) is 4.79 Å². The lowest BCUT2D eigenvalue weighted by Crippen LogP contribution is -2.19. The summed E-state index contributed by atoms with van der Waals surface area (Å²) in [6.07, 6.45) is 0. The fourth-order valence-corrected chi connectivity index (χ4v) is 2.87. The van der Waals surface area contributed by atoms with Crippen LogP contribution in [0, 0.1) is 0 Å². The molecule has 1 N–H and O–H groups in total. The van der Waals surface area contributed by atoms with Crippen LogP contribution in [0.25, 0.3) is 22.3 Å². The summed E-state index contributed by atoms with van der Waals surface area (Å²) in [5.41, 5.74) is 3.78. The normalized spacial score (nSPS) is 11.1. The van der Waals surface area contributed by atoms with Crippen LogP contribution in [0.5, 0.6) is 0 Å². The largest absolute Gasteiger partial charge is 0.365 e. The molecule has 5 nitrogen and oxygen atoms in total. The number of fused-ring (bicyclic) bond motifs is 1. The van der Waals surface area contributed by atoms with Gasteiger partial charge in [0.2, 0.25) is 0 Å². The Labute approximate surface area is 114 Å². The number of aryl methyl sites for hydroxylation is 2. The first-order valence-electron chi connectivity index (χ1n) is 5.91. The summed E-state index contributed by atoms with van der Waals surface area (Å²) in [4.78, 5) is 16.4. The van der Waals surface area contributed by atoms with Crippen molar-refractivity contribution in [2.24, 2.45) is 14.1 Å². The molecule has 0 aliphatic rings. The van der Waals surface area contributed by atoms with Gasteiger partial charge in [-0.25, -0.2) is 9.78 Å². The van der Waals surface area contributed by atoms with E-state index in [-0.39, 0.29) is 5.69 Å². The predicted molar refractivity (Wildman–Crippen MR) is 78.8 cm³/mol. The van der Waals surface area contributed by atoms with Crippen molar-refractivity contribution in [3.8, 4) is 11.3 Å². The lowest BCUT2D eigenvalue weighted by molar-refractivity contribution is 0.795. The first-order valence-corrected chi connectivity index (χ1v) is 6.79. The Kier molecular flexibility index (Phi) is 2.67. The zero-order valence-corrected chi connectivity index (χ0v) is 11.8. The quantitative estimate of drug-likeness (QED) is 0.778. The maximum atomic E-state index is 11.9. The van der Waals surface area contributed by atoms with Crippen LogP contribution in [0.3, 0.4) is 0 Å². The SMILES string of the molecule is CNc1nc(-c2ccc3c(c2)n(C)c(=O)n3C)cs1. The number of benzene rings is 1. The third-order valence-electron chi connectivity index (χ3n) is 3.29. The first kappa shape index (κ1) is 12.0. The number of thiazole rings is 1. The summed E-state index contributed by atoms with van der Waals surface area (Å²) in [5, 5.41) is 5.92. The summed E-state index contributed by atoms with van der Waals surface area (Å²) in [6, 6.07) is 5.96. The molecule has 1 aromatic carbocycles. The van der Waals surface area contributed by atoms with Crippen LogP contribution in [-0.2, 0) is 14.1 Å². The zero-order chi connectivity index (χ0) is 13.6. The second-order valence-corrected chi connectivity index (χ2v) is 5.25. The van der Waals surface area contributed by atoms with Crippen LogP contribution in [-0.4, -0.2) is 21.2 Å². The molecule has 0 saturated carbocycles. The minimum Gasteiger partial charge on any atom is -0.365 e. The molecular weight excluding hydrogens is 260 g/mol. The van der Waals surface area contributed by atoms with Gasteiger partial charge in [-0.1, -0.05) is 6.07 Å². The molecule has 0 saturated heterocycles. The molecule has 0 aliphatic heterocycles. The highest BCUT2D eigenvalue weighted by molar-refractivity contribution is 7.14. The van der Waals surface area contributed by atoms with E-state index in [0.29, 0.717) is 0 Å². The number of hydrogen-bond donors (Lipinski definition) is 1. The summed E-state index contributed by atoms with van der Waals surface area (Å²) < 4.78 is 3.31. The van der Waals surface area contributed by atoms with Crippen molar-refractivity contribution in [3.63, 3.8) is 0 Å². The maximum absolute atomic E-state index is 11.9. The molecule has 0 unspecified atom stereocenters. The van der Waals surface area contributed by atoms with Crippen molar-refractivity contribution in [2.45, 2.75) is 0 Å². The minimum absolute atomic E-state index is 0.0126. The molecule has 0 aliphatic carbocycles. The Morgan fingerprint density at radius 1 is 1.21 bits per heavy atom. The average Bonchev–Trinajstić information content (AvgIpc) is 2.99. The second-order valence-electron chi connectivity index (χ2n) is 4.39. The highest BCUT2D eigenvalue weighted by atomic mass is 32.1. The van der Waals surface area contributed by atoms with Crippen molar-refractivity contribution in [1.29, 1.82) is 0 Å². The zero-order valence-electron chi connectivity index (χ0n) is 11.0. The fourth-order valence-electron chi connectivity index (χ4n) is 2.19. The monoisotopic (exact) mass is 274 g/mol. The lowest BCUT2D eigenvalue weighted by atomic mass is 10.1. The van der Waals surface area contributed by atoms with E-state index < -0.39 is 0 Å². The van der Waals surface area contributed by atoms with Crippen LogP contribution in [0.4, 0.5) is 5.13 Å². The molecule has 0 radical (unpaired) electrons. The maximum Gasteiger partial charge on any atom is 0.328 e. The number of anilines is 1. The smallest absolute Gasteiger partial charge is 0.328 e. The highest BCUT2D eigenvalue weighted by Gasteiger charge is 2.10. The Balaban J connectivity index is 2.21. The first-order chi connectivity index (χ1) is 9.11. The molecule has 0 bridgehead atoms. The fraction of sp³-hybridized carbons (Fsp3) is 0.231. The van der Waals surface area contributed by atoms with Gasteiger partial charge >= 0.3 is 5.69 Å². The number of aromatic nitrogens is 3. The van der Waals surface area contributed by atoms with E-state index in [4.69, 9.17) is 0 Å². The van der Waals surface area contributed by atoms with Gasteiger partial charge in [-0.15, -0.1) is 11.3 Å². The van der Waals surface area contributed by atoms with Crippen LogP contribution in [0.2, 0.25) is 0 Å². The molecule has 6 heteroatoms. The van der Waals surface area contributed by atoms with E-state index >= 15 is 0 Å². The second kappa shape index (κ2) is 4.24. The van der Waals surface area contributed by atoms with Crippen molar-refractivity contribution in [2.75, 3.05) is 12.4 Å². The number of nitrogens with one attached hydrogen (secondary N) is 1. The van der Waals surface area contributed by atoms with E-state index in [0.717, 1.165) is 27.4 Å². The summed E-state index contributed by atoms with van der Waals surface area (Å²) in [7, 11) is 5.42. The minimum atomic E-state index is -0.0126. The molecule has 0 fully saturated rings. The van der Waals surface area contributed by atoms with Gasteiger partial charge in [0.15, 0.2) is 5.13 Å². The third-order valence-corrected chi connectivity index (χ3v) is 4.15. The Morgan fingerprint density at radius 3 is 2.63 bits per heavy atom. The van der Waals surface area contributed by atoms with Gasteiger partial charge in [-0.3, -0.25) is 9.13 Å². The van der Waals surface area contributed by atoms with Crippen molar-refractivity contribution >= 4 is 27.5 Å². The number of imidazole rings is 1. The lowest BCUT2D eigenvalue weighted by Gasteiger charge is -1.99. The van der Waals surface area contributed by atoms with Gasteiger partial charge in [0.05, 0.1) is 16.7 Å². The van der Waals surface area contributed by atoms with Crippen molar-refractivity contribution in [3.05, 3.63) is 34.1 Å². The van der Waals surface area contributed by atoms with Gasteiger partial charge < -0.3 is 5.32 Å². The summed E-state index contributed by atoms with van der Waals surface area (Å²) >= 11 is 1.57. The number of rotatable bonds is 2. The Bertz CT molecular complexity index is 812. The molecule has 0 atom stereocenters. The summed E-state index contributed by atoms with van der Waals surface area (Å²) in [5.74, 6) is 0. The molecule has 2 aromatic heterocycles. The van der Waals surface area contributed by atoms with Crippen molar-refractivity contribution < 1.29 is 0 Å². The average molecular weight is 274 g/mol. The molecule has 98 valence electrons. The molecule has 3 aromatic rings. The van der Waals surface area contributed by atoms with Gasteiger partial charge in [-0.2, -0.15) is 0 Å². The van der Waals surface area contributed by atoms with Crippen LogP contribution in [0.15, 0.2) is 28.4 Å². The third kappa shape index (κ3) is 1.76. The van der Waals surface area contributed by atoms with Gasteiger partial charge in [0, 0.05) is 32.1 Å². The predicted octanol–water partition coefficient (Wildman–Crippen LogP) is 2.04. The Morgan fingerprint density at radius 2 is 1.95 bits per heavy atom. The van der Waals surface area contributed by atoms with Gasteiger partial charge in [0.1, 0.15) is 0 Å². The molecule has 19 heavy (non-hydrogen) atoms. The Hall–Kier alpha value is -2.08. The van der Waals surface area contributed by atoms with Gasteiger partial charge in [-0.05, 0) is 12.1 Å². The topological polar surface area (TPSA) is 51.9 Å². The molecule has 2 heterocycles. The van der Waals surface area contributed by atoms with Crippen LogP contribution < -0.4 is 11.0 Å². The number of nitrogens with zero attached hydrogens (tertiary/aromatic N) is 3. The molecule has 0 spiro atoms. The summed E-state index contributed by atoms with van der Waals surface area (Å²) in [6.45, 7) is 0. The molecule has 3 rings (SSSR count). The van der Waals surface area contributed by atoms with E-state index in [1.54, 1.807) is 34.6 Å². The van der Waals surface area contributed by atoms with Crippen LogP contribution in [0.1, 0.15) is 0 Å². The molecular formula is C13H14N4OS. The van der Waals surface area contributed by atoms with Gasteiger partial charge in [0.25, 0.3) is 0 Å². The highest BCUT2D eigenvalue weighted by Crippen LogP contribution is 2.26. The van der Waals surface area contributed by atoms with Crippen molar-refractivity contribution in [1.82, 2.24) is 14.1 Å². The van der Waals surface area contributed by atoms with E-state index in [1.807, 2.05) is 30.6 Å². The standard InChI is InChI=1S/C13H14N4OS/c1-14-12-15-9(7-19-12)8-4-5-10-11(6-8)17(3)13(18)16(10)2/h4-7H,1-3H3,(H,14,15). The van der Waals surface area contributed by atoms with Crippen LogP contribution >= 0.6 is 11.3 Å². The number of hydrogen-bond acceptors (Lipinski definition) is 4.